The molecule has 6 rings (SSSR count). The Morgan fingerprint density at radius 2 is 1.46 bits per heavy atom. The Bertz CT molecular complexity index is 1660. The van der Waals surface area contributed by atoms with Gasteiger partial charge in [-0.2, -0.15) is 0 Å². The molecule has 3 N–H and O–H groups in total. The Morgan fingerprint density at radius 1 is 0.826 bits per heavy atom. The van der Waals surface area contributed by atoms with Crippen molar-refractivity contribution >= 4 is 11.8 Å². The standard InChI is InChI=1S/C37H38N2O7/c1-23-33(21-38(2)20-32(42)28-6-5-7-29(41)18-28)45-37(46-34(23)26-14-12-25(22-40)13-15-26)27-16-10-24(11-17-27)19-39-35(43)30-8-3-4-9-31(30)36(39)44/h3-18,23,32-34,37,40-42H,19-22H2,1-2H3/t23-,32-,33+,34+,37+/m1/s1. The maximum absolute atomic E-state index is 12.9. The third kappa shape index (κ3) is 6.60. The van der Waals surface area contributed by atoms with Crippen LogP contribution in [0.15, 0.2) is 97.1 Å². The van der Waals surface area contributed by atoms with Gasteiger partial charge in [0.2, 0.25) is 0 Å². The van der Waals surface area contributed by atoms with E-state index in [1.165, 1.54) is 4.90 Å². The first-order valence-corrected chi connectivity index (χ1v) is 15.4. The number of benzene rings is 4. The Labute approximate surface area is 268 Å². The number of aromatic hydroxyl groups is 1. The van der Waals surface area contributed by atoms with E-state index in [9.17, 15) is 24.9 Å². The van der Waals surface area contributed by atoms with E-state index in [-0.39, 0.29) is 48.8 Å². The highest BCUT2D eigenvalue weighted by atomic mass is 16.7. The summed E-state index contributed by atoms with van der Waals surface area (Å²) in [5.41, 5.74) is 4.85. The van der Waals surface area contributed by atoms with E-state index < -0.39 is 12.4 Å². The first-order chi connectivity index (χ1) is 22.2. The number of amides is 2. The summed E-state index contributed by atoms with van der Waals surface area (Å²) in [7, 11) is 1.92. The number of phenolic OH excluding ortho intramolecular Hbond substituents is 1. The number of rotatable bonds is 10. The molecule has 9 nitrogen and oxygen atoms in total. The molecule has 0 unspecified atom stereocenters. The van der Waals surface area contributed by atoms with Crippen LogP contribution in [-0.2, 0) is 22.6 Å². The molecule has 2 amide bonds. The van der Waals surface area contributed by atoms with Crippen molar-refractivity contribution < 1.29 is 34.4 Å². The van der Waals surface area contributed by atoms with E-state index in [2.05, 4.69) is 6.92 Å². The topological polar surface area (TPSA) is 120 Å². The molecule has 0 bridgehead atoms. The van der Waals surface area contributed by atoms with E-state index >= 15 is 0 Å². The second-order valence-corrected chi connectivity index (χ2v) is 12.1. The number of carbonyl (C=O) groups is 2. The summed E-state index contributed by atoms with van der Waals surface area (Å²) in [6.45, 7) is 3.04. The molecule has 2 aliphatic rings. The van der Waals surface area contributed by atoms with Crippen molar-refractivity contribution in [2.24, 2.45) is 5.92 Å². The number of phenols is 1. The van der Waals surface area contributed by atoms with Gasteiger partial charge in [-0.1, -0.05) is 79.7 Å². The quantitative estimate of drug-likeness (QED) is 0.208. The molecule has 2 heterocycles. The fourth-order valence-electron chi connectivity index (χ4n) is 6.19. The number of ether oxygens (including phenoxy) is 2. The lowest BCUT2D eigenvalue weighted by Gasteiger charge is -2.42. The van der Waals surface area contributed by atoms with Crippen LogP contribution in [0.2, 0.25) is 0 Å². The van der Waals surface area contributed by atoms with Crippen LogP contribution in [0.3, 0.4) is 0 Å². The highest BCUT2D eigenvalue weighted by molar-refractivity contribution is 6.21. The van der Waals surface area contributed by atoms with Crippen molar-refractivity contribution in [3.05, 3.63) is 136 Å². The van der Waals surface area contributed by atoms with E-state index in [4.69, 9.17) is 9.47 Å². The molecule has 9 heteroatoms. The molecule has 0 spiro atoms. The number of hydrogen-bond acceptors (Lipinski definition) is 8. The van der Waals surface area contributed by atoms with Crippen LogP contribution in [-0.4, -0.2) is 63.2 Å². The van der Waals surface area contributed by atoms with Crippen LogP contribution in [0.4, 0.5) is 0 Å². The van der Waals surface area contributed by atoms with E-state index in [0.29, 0.717) is 29.8 Å². The Kier molecular flexibility index (Phi) is 9.30. The normalized spacial score (nSPS) is 21.9. The summed E-state index contributed by atoms with van der Waals surface area (Å²) < 4.78 is 13.1. The van der Waals surface area contributed by atoms with Crippen molar-refractivity contribution in [1.29, 1.82) is 0 Å². The number of nitrogens with zero attached hydrogens (tertiary/aromatic N) is 2. The van der Waals surface area contributed by atoms with Crippen molar-refractivity contribution in [3.8, 4) is 5.75 Å². The number of carbonyl (C=O) groups excluding carboxylic acids is 2. The van der Waals surface area contributed by atoms with Crippen LogP contribution in [0, 0.1) is 5.92 Å². The minimum atomic E-state index is -0.792. The molecule has 46 heavy (non-hydrogen) atoms. The van der Waals surface area contributed by atoms with Gasteiger partial charge in [0, 0.05) is 24.6 Å². The second kappa shape index (κ2) is 13.5. The predicted octanol–water partition coefficient (Wildman–Crippen LogP) is 5.14. The molecular weight excluding hydrogens is 584 g/mol. The van der Waals surface area contributed by atoms with Crippen LogP contribution >= 0.6 is 0 Å². The van der Waals surface area contributed by atoms with Gasteiger partial charge < -0.3 is 29.7 Å². The molecule has 4 aromatic carbocycles. The summed E-state index contributed by atoms with van der Waals surface area (Å²) in [4.78, 5) is 29.0. The van der Waals surface area contributed by atoms with Gasteiger partial charge in [-0.15, -0.1) is 0 Å². The number of likely N-dealkylation sites (N-methyl/N-ethyl adjacent to an activating group) is 1. The third-order valence-corrected chi connectivity index (χ3v) is 8.83. The lowest BCUT2D eigenvalue weighted by atomic mass is 9.90. The minimum Gasteiger partial charge on any atom is -0.508 e. The maximum atomic E-state index is 12.9. The van der Waals surface area contributed by atoms with Gasteiger partial charge in [-0.05, 0) is 53.6 Å². The van der Waals surface area contributed by atoms with E-state index in [1.807, 2.05) is 60.5 Å². The average molecular weight is 623 g/mol. The number of hydrogen-bond donors (Lipinski definition) is 3. The zero-order chi connectivity index (χ0) is 32.4. The lowest BCUT2D eigenvalue weighted by molar-refractivity contribution is -0.276. The van der Waals surface area contributed by atoms with Crippen LogP contribution in [0.25, 0.3) is 0 Å². The van der Waals surface area contributed by atoms with Gasteiger partial charge >= 0.3 is 0 Å². The molecule has 5 atom stereocenters. The van der Waals surface area contributed by atoms with E-state index in [1.54, 1.807) is 48.5 Å². The predicted molar refractivity (Wildman–Crippen MR) is 171 cm³/mol. The van der Waals surface area contributed by atoms with Crippen molar-refractivity contribution in [1.82, 2.24) is 9.80 Å². The first kappa shape index (κ1) is 31.6. The fraction of sp³-hybridized carbons (Fsp3) is 0.297. The number of fused-ring (bicyclic) bond motifs is 1. The zero-order valence-electron chi connectivity index (χ0n) is 25.8. The average Bonchev–Trinajstić information content (AvgIpc) is 3.31. The zero-order valence-corrected chi connectivity index (χ0v) is 25.8. The highest BCUT2D eigenvalue weighted by Crippen LogP contribution is 2.42. The summed E-state index contributed by atoms with van der Waals surface area (Å²) in [6, 6.07) is 28.7. The fourth-order valence-corrected chi connectivity index (χ4v) is 6.19. The minimum absolute atomic E-state index is 0.0465. The van der Waals surface area contributed by atoms with Gasteiger partial charge in [-0.25, -0.2) is 0 Å². The van der Waals surface area contributed by atoms with E-state index in [0.717, 1.165) is 22.3 Å². The highest BCUT2D eigenvalue weighted by Gasteiger charge is 2.39. The largest absolute Gasteiger partial charge is 0.508 e. The van der Waals surface area contributed by atoms with Crippen molar-refractivity contribution in [3.63, 3.8) is 0 Å². The molecule has 1 fully saturated rings. The SMILES string of the molecule is C[C@@H]1[C@H](CN(C)C[C@@H](O)c2cccc(O)c2)O[C@H](c2ccc(CN3C(=O)c4ccccc4C3=O)cc2)O[C@@H]1c1ccc(CO)cc1. The third-order valence-electron chi connectivity index (χ3n) is 8.83. The van der Waals surface area contributed by atoms with Crippen molar-refractivity contribution in [2.75, 3.05) is 20.1 Å². The van der Waals surface area contributed by atoms with Gasteiger partial charge in [0.1, 0.15) is 5.75 Å². The lowest BCUT2D eigenvalue weighted by Crippen LogP contribution is -2.44. The summed E-state index contributed by atoms with van der Waals surface area (Å²) in [6.07, 6.45) is -2.05. The molecular formula is C37H38N2O7. The van der Waals surface area contributed by atoms with Gasteiger partial charge in [-0.3, -0.25) is 14.5 Å². The Balaban J connectivity index is 1.19. The summed E-state index contributed by atoms with van der Waals surface area (Å²) in [5.74, 6) is -0.541. The monoisotopic (exact) mass is 622 g/mol. The smallest absolute Gasteiger partial charge is 0.261 e. The number of aliphatic hydroxyl groups excluding tert-OH is 2. The molecule has 0 aromatic heterocycles. The molecule has 0 saturated carbocycles. The molecule has 0 aliphatic carbocycles. The molecule has 1 saturated heterocycles. The first-order valence-electron chi connectivity index (χ1n) is 15.4. The maximum Gasteiger partial charge on any atom is 0.261 e. The second-order valence-electron chi connectivity index (χ2n) is 12.1. The summed E-state index contributed by atoms with van der Waals surface area (Å²) >= 11 is 0. The van der Waals surface area contributed by atoms with Gasteiger partial charge in [0.05, 0.1) is 42.6 Å². The van der Waals surface area contributed by atoms with Crippen molar-refractivity contribution in [2.45, 2.75) is 44.7 Å². The van der Waals surface area contributed by atoms with Crippen LogP contribution in [0.5, 0.6) is 5.75 Å². The van der Waals surface area contributed by atoms with Gasteiger partial charge in [0.25, 0.3) is 11.8 Å². The number of imide groups is 1. The molecule has 238 valence electrons. The molecule has 0 radical (unpaired) electrons. The molecule has 2 aliphatic heterocycles. The molecule has 4 aromatic rings. The Hall–Kier alpha value is -4.38. The van der Waals surface area contributed by atoms with Gasteiger partial charge in [0.15, 0.2) is 6.29 Å². The van der Waals surface area contributed by atoms with Crippen LogP contribution in [0.1, 0.15) is 74.0 Å². The summed E-state index contributed by atoms with van der Waals surface area (Å²) in [5, 5.41) is 30.2. The van der Waals surface area contributed by atoms with Crippen LogP contribution < -0.4 is 0 Å². The number of aliphatic hydroxyl groups is 2. The Morgan fingerprint density at radius 3 is 2.09 bits per heavy atom.